The number of benzene rings is 1. The number of hydrogen-bond donors (Lipinski definition) is 5. The summed E-state index contributed by atoms with van der Waals surface area (Å²) in [5, 5.41) is 9.86. The molecule has 1 aromatic heterocycles. The molecule has 1 heterocycles. The molecule has 30 heavy (non-hydrogen) atoms. The molecule has 8 nitrogen and oxygen atoms in total. The highest BCUT2D eigenvalue weighted by Crippen LogP contribution is 2.19. The summed E-state index contributed by atoms with van der Waals surface area (Å²) in [6, 6.07) is 6.46. The Hall–Kier alpha value is -2.87. The maximum atomic E-state index is 13.1. The molecule has 0 saturated heterocycles. The number of para-hydroxylation sites is 1. The molecule has 0 fully saturated rings. The molecule has 0 aliphatic rings. The lowest BCUT2D eigenvalue weighted by atomic mass is 10.0. The number of carbonyl (C=O) groups excluding carboxylic acids is 3. The summed E-state index contributed by atoms with van der Waals surface area (Å²) in [6.45, 7) is 5.91. The molecule has 1 unspecified atom stereocenters. The molecule has 0 radical (unpaired) electrons. The number of H-pyrrole nitrogens is 1. The van der Waals surface area contributed by atoms with Crippen LogP contribution >= 0.6 is 0 Å². The van der Waals surface area contributed by atoms with Gasteiger partial charge in [-0.25, -0.2) is 4.79 Å². The first-order valence-electron chi connectivity index (χ1n) is 10.5. The SMILES string of the molecule is CCC(C)N[C@H](Cc1c[nH]c2ccccc12)C(=O)N[C@H](CCCNC(N)=O)C(C)=O. The number of Topliss-reactive ketones (excluding diaryl/α,β-unsaturated/α-hetero) is 1. The van der Waals surface area contributed by atoms with Crippen molar-refractivity contribution in [2.24, 2.45) is 5.73 Å². The van der Waals surface area contributed by atoms with Crippen LogP contribution in [0, 0.1) is 0 Å². The first-order chi connectivity index (χ1) is 14.3. The summed E-state index contributed by atoms with van der Waals surface area (Å²) < 4.78 is 0. The Bertz CT molecular complexity index is 863. The van der Waals surface area contributed by atoms with Gasteiger partial charge in [0.2, 0.25) is 5.91 Å². The van der Waals surface area contributed by atoms with Crippen LogP contribution in [0.5, 0.6) is 0 Å². The number of hydrogen-bond acceptors (Lipinski definition) is 4. The number of ketones is 1. The minimum Gasteiger partial charge on any atom is -0.361 e. The molecule has 0 saturated carbocycles. The number of carbonyl (C=O) groups is 3. The topological polar surface area (TPSA) is 129 Å². The lowest BCUT2D eigenvalue weighted by Crippen LogP contribution is -2.52. The average molecular weight is 416 g/mol. The summed E-state index contributed by atoms with van der Waals surface area (Å²) in [4.78, 5) is 39.2. The van der Waals surface area contributed by atoms with Crippen LogP contribution in [0.3, 0.4) is 0 Å². The molecule has 0 bridgehead atoms. The van der Waals surface area contributed by atoms with Crippen molar-refractivity contribution >= 4 is 28.6 Å². The van der Waals surface area contributed by atoms with E-state index in [9.17, 15) is 14.4 Å². The van der Waals surface area contributed by atoms with Gasteiger partial charge in [-0.3, -0.25) is 9.59 Å². The Kier molecular flexibility index (Phi) is 8.86. The van der Waals surface area contributed by atoms with Crippen LogP contribution in [0.2, 0.25) is 0 Å². The van der Waals surface area contributed by atoms with Crippen molar-refractivity contribution in [2.75, 3.05) is 6.54 Å². The number of nitrogens with one attached hydrogen (secondary N) is 4. The zero-order valence-electron chi connectivity index (χ0n) is 18.0. The highest BCUT2D eigenvalue weighted by atomic mass is 16.2. The van der Waals surface area contributed by atoms with Crippen LogP contribution in [0.25, 0.3) is 10.9 Å². The van der Waals surface area contributed by atoms with Crippen molar-refractivity contribution in [1.82, 2.24) is 20.9 Å². The van der Waals surface area contributed by atoms with Gasteiger partial charge in [-0.15, -0.1) is 0 Å². The van der Waals surface area contributed by atoms with Crippen LogP contribution in [0.4, 0.5) is 4.79 Å². The highest BCUT2D eigenvalue weighted by Gasteiger charge is 2.25. The first kappa shape index (κ1) is 23.4. The average Bonchev–Trinajstić information content (AvgIpc) is 3.12. The van der Waals surface area contributed by atoms with E-state index in [1.54, 1.807) is 0 Å². The van der Waals surface area contributed by atoms with Gasteiger partial charge in [0.15, 0.2) is 5.78 Å². The van der Waals surface area contributed by atoms with Crippen LogP contribution in [-0.4, -0.2) is 47.4 Å². The molecule has 8 heteroatoms. The van der Waals surface area contributed by atoms with Crippen molar-refractivity contribution in [2.45, 2.75) is 64.6 Å². The van der Waals surface area contributed by atoms with E-state index >= 15 is 0 Å². The second-order valence-corrected chi connectivity index (χ2v) is 7.70. The van der Waals surface area contributed by atoms with Crippen molar-refractivity contribution in [3.63, 3.8) is 0 Å². The molecule has 0 aliphatic carbocycles. The van der Waals surface area contributed by atoms with E-state index in [0.717, 1.165) is 22.9 Å². The number of amides is 3. The number of urea groups is 1. The highest BCUT2D eigenvalue weighted by molar-refractivity contribution is 5.90. The van der Waals surface area contributed by atoms with Gasteiger partial charge in [0, 0.05) is 29.7 Å². The minimum absolute atomic E-state index is 0.114. The molecule has 2 rings (SSSR count). The largest absolute Gasteiger partial charge is 0.361 e. The molecular weight excluding hydrogens is 382 g/mol. The summed E-state index contributed by atoms with van der Waals surface area (Å²) in [5.74, 6) is -0.319. The van der Waals surface area contributed by atoms with E-state index < -0.39 is 18.1 Å². The van der Waals surface area contributed by atoms with Crippen LogP contribution < -0.4 is 21.7 Å². The lowest BCUT2D eigenvalue weighted by Gasteiger charge is -2.25. The van der Waals surface area contributed by atoms with E-state index in [1.807, 2.05) is 37.4 Å². The Morgan fingerprint density at radius 2 is 1.90 bits per heavy atom. The number of nitrogens with two attached hydrogens (primary N) is 1. The molecule has 3 atom stereocenters. The van der Waals surface area contributed by atoms with Gasteiger partial charge < -0.3 is 26.7 Å². The van der Waals surface area contributed by atoms with Gasteiger partial charge in [-0.1, -0.05) is 25.1 Å². The maximum Gasteiger partial charge on any atom is 0.312 e. The van der Waals surface area contributed by atoms with Crippen molar-refractivity contribution < 1.29 is 14.4 Å². The zero-order valence-corrected chi connectivity index (χ0v) is 18.0. The molecule has 0 aliphatic heterocycles. The Morgan fingerprint density at radius 3 is 2.57 bits per heavy atom. The number of aromatic amines is 1. The minimum atomic E-state index is -0.602. The third kappa shape index (κ3) is 6.88. The molecule has 3 amide bonds. The normalized spacial score (nSPS) is 14.1. The second-order valence-electron chi connectivity index (χ2n) is 7.70. The number of rotatable bonds is 12. The molecule has 6 N–H and O–H groups in total. The maximum absolute atomic E-state index is 13.1. The summed E-state index contributed by atoms with van der Waals surface area (Å²) >= 11 is 0. The van der Waals surface area contributed by atoms with E-state index in [4.69, 9.17) is 5.73 Å². The van der Waals surface area contributed by atoms with Crippen molar-refractivity contribution in [3.05, 3.63) is 36.0 Å². The van der Waals surface area contributed by atoms with Gasteiger partial charge in [0.05, 0.1) is 12.1 Å². The summed E-state index contributed by atoms with van der Waals surface area (Å²) in [6.07, 6.45) is 4.30. The fourth-order valence-corrected chi connectivity index (χ4v) is 3.38. The van der Waals surface area contributed by atoms with Crippen LogP contribution in [0.1, 0.15) is 45.6 Å². The molecule has 2 aromatic rings. The fourth-order valence-electron chi connectivity index (χ4n) is 3.38. The van der Waals surface area contributed by atoms with E-state index in [-0.39, 0.29) is 17.7 Å². The monoisotopic (exact) mass is 415 g/mol. The number of fused-ring (bicyclic) bond motifs is 1. The molecule has 1 aromatic carbocycles. The Labute approximate surface area is 177 Å². The summed E-state index contributed by atoms with van der Waals surface area (Å²) in [7, 11) is 0. The Morgan fingerprint density at radius 1 is 1.17 bits per heavy atom. The van der Waals surface area contributed by atoms with Gasteiger partial charge in [0.25, 0.3) is 0 Å². The van der Waals surface area contributed by atoms with E-state index in [0.29, 0.717) is 25.8 Å². The van der Waals surface area contributed by atoms with Gasteiger partial charge >= 0.3 is 6.03 Å². The van der Waals surface area contributed by atoms with E-state index in [2.05, 4.69) is 27.9 Å². The number of primary amides is 1. The quantitative estimate of drug-likeness (QED) is 0.339. The Balaban J connectivity index is 2.09. The predicted octanol–water partition coefficient (Wildman–Crippen LogP) is 1.99. The summed E-state index contributed by atoms with van der Waals surface area (Å²) in [5.41, 5.74) is 7.13. The predicted molar refractivity (Wildman–Crippen MR) is 118 cm³/mol. The van der Waals surface area contributed by atoms with Crippen molar-refractivity contribution in [1.29, 1.82) is 0 Å². The smallest absolute Gasteiger partial charge is 0.312 e. The standard InChI is InChI=1S/C22H33N5O3/c1-4-14(2)26-20(12-16-13-25-19-9-6-5-8-17(16)19)21(29)27-18(15(3)28)10-7-11-24-22(23)30/h5-6,8-9,13-14,18,20,25-26H,4,7,10-12H2,1-3H3,(H,27,29)(H3,23,24,30)/t14?,18-,20-/m1/s1. The molecule has 0 spiro atoms. The van der Waals surface area contributed by atoms with E-state index in [1.165, 1.54) is 6.92 Å². The van der Waals surface area contributed by atoms with Crippen LogP contribution in [0.15, 0.2) is 30.5 Å². The molecule has 164 valence electrons. The fraction of sp³-hybridized carbons (Fsp3) is 0.500. The third-order valence-corrected chi connectivity index (χ3v) is 5.29. The second kappa shape index (κ2) is 11.3. The zero-order chi connectivity index (χ0) is 22.1. The van der Waals surface area contributed by atoms with Gasteiger partial charge in [0.1, 0.15) is 0 Å². The van der Waals surface area contributed by atoms with Crippen LogP contribution in [-0.2, 0) is 16.0 Å². The third-order valence-electron chi connectivity index (χ3n) is 5.29. The molecular formula is C22H33N5O3. The van der Waals surface area contributed by atoms with Gasteiger partial charge in [-0.2, -0.15) is 0 Å². The number of aromatic nitrogens is 1. The van der Waals surface area contributed by atoms with Gasteiger partial charge in [-0.05, 0) is 51.2 Å². The lowest BCUT2D eigenvalue weighted by molar-refractivity contribution is -0.128. The first-order valence-corrected chi connectivity index (χ1v) is 10.5. The van der Waals surface area contributed by atoms with Crippen molar-refractivity contribution in [3.8, 4) is 0 Å².